The molecule has 9 nitrogen and oxygen atoms in total. The van der Waals surface area contributed by atoms with Crippen LogP contribution < -0.4 is 5.32 Å². The van der Waals surface area contributed by atoms with Gasteiger partial charge in [-0.1, -0.05) is 55.0 Å². The predicted molar refractivity (Wildman–Crippen MR) is 168 cm³/mol. The molecule has 0 aromatic heterocycles. The van der Waals surface area contributed by atoms with E-state index in [4.69, 9.17) is 14.6 Å². The Balaban J connectivity index is 1.48. The molecule has 0 aliphatic carbocycles. The lowest BCUT2D eigenvalue weighted by Gasteiger charge is -2.27. The van der Waals surface area contributed by atoms with Gasteiger partial charge in [0.1, 0.15) is 6.61 Å². The number of benzene rings is 3. The van der Waals surface area contributed by atoms with Crippen molar-refractivity contribution in [2.45, 2.75) is 64.6 Å². The largest absolute Gasteiger partial charge is 0.480 e. The summed E-state index contributed by atoms with van der Waals surface area (Å²) in [5, 5.41) is 24.5. The number of nitrogens with one attached hydrogen (secondary N) is 1. The second kappa shape index (κ2) is 17.2. The van der Waals surface area contributed by atoms with Crippen molar-refractivity contribution in [3.05, 3.63) is 77.4 Å². The van der Waals surface area contributed by atoms with Crippen LogP contribution in [0.15, 0.2) is 60.7 Å². The topological polar surface area (TPSA) is 125 Å². The lowest BCUT2D eigenvalue weighted by atomic mass is 10.0. The van der Waals surface area contributed by atoms with Crippen molar-refractivity contribution in [2.24, 2.45) is 0 Å². The molecule has 0 aliphatic rings. The summed E-state index contributed by atoms with van der Waals surface area (Å²) in [4.78, 5) is 37.8. The lowest BCUT2D eigenvalue weighted by molar-refractivity contribution is -0.175. The van der Waals surface area contributed by atoms with Gasteiger partial charge in [0.25, 0.3) is 5.91 Å². The Hall–Kier alpha value is -3.95. The molecular formula is C34H44N2O7. The van der Waals surface area contributed by atoms with Crippen molar-refractivity contribution in [3.63, 3.8) is 0 Å². The van der Waals surface area contributed by atoms with Crippen molar-refractivity contribution in [1.82, 2.24) is 4.90 Å². The van der Waals surface area contributed by atoms with Crippen molar-refractivity contribution in [2.75, 3.05) is 38.7 Å². The average molecular weight is 593 g/mol. The third kappa shape index (κ3) is 11.0. The number of aryl methyl sites for hydroxylation is 3. The van der Waals surface area contributed by atoms with Crippen LogP contribution >= 0.6 is 0 Å². The minimum absolute atomic E-state index is 0.130. The first kappa shape index (κ1) is 33.6. The number of hydrogen-bond donors (Lipinski definition) is 3. The van der Waals surface area contributed by atoms with Crippen molar-refractivity contribution >= 4 is 34.3 Å². The Morgan fingerprint density at radius 2 is 1.58 bits per heavy atom. The summed E-state index contributed by atoms with van der Waals surface area (Å²) in [6, 6.07) is 20.9. The summed E-state index contributed by atoms with van der Waals surface area (Å²) in [5.41, 5.74) is 4.70. The maximum Gasteiger partial charge on any atom is 0.336 e. The van der Waals surface area contributed by atoms with Crippen LogP contribution in [0, 0.1) is 13.8 Å². The van der Waals surface area contributed by atoms with Gasteiger partial charge >= 0.3 is 11.9 Å². The summed E-state index contributed by atoms with van der Waals surface area (Å²) < 4.78 is 10.9. The van der Waals surface area contributed by atoms with E-state index in [9.17, 15) is 19.5 Å². The first-order valence-corrected chi connectivity index (χ1v) is 14.9. The molecule has 3 N–H and O–H groups in total. The van der Waals surface area contributed by atoms with E-state index in [0.29, 0.717) is 19.5 Å². The number of anilines is 1. The van der Waals surface area contributed by atoms with Gasteiger partial charge in [-0.25, -0.2) is 9.59 Å². The maximum absolute atomic E-state index is 13.3. The SMILES string of the molecule is Cc1ccc(NCCCCO[C@@H](C(=O)N(C)CCCCCc2ccc3ccccc3c2)[C@@H](OCC(=O)O)C(=O)O)cc1C. The van der Waals surface area contributed by atoms with Gasteiger partial charge in [-0.2, -0.15) is 0 Å². The van der Waals surface area contributed by atoms with Crippen LogP contribution in [0.5, 0.6) is 0 Å². The Kier molecular flexibility index (Phi) is 13.4. The molecule has 0 unspecified atom stereocenters. The highest BCUT2D eigenvalue weighted by atomic mass is 16.6. The Bertz CT molecular complexity index is 1360. The molecule has 3 aromatic rings. The van der Waals surface area contributed by atoms with Crippen LogP contribution in [-0.4, -0.2) is 78.5 Å². The molecule has 0 fully saturated rings. The van der Waals surface area contributed by atoms with Crippen LogP contribution in [0.3, 0.4) is 0 Å². The zero-order chi connectivity index (χ0) is 31.2. The lowest BCUT2D eigenvalue weighted by Crippen LogP contribution is -2.50. The third-order valence-electron chi connectivity index (χ3n) is 7.50. The maximum atomic E-state index is 13.3. The van der Waals surface area contributed by atoms with Crippen LogP contribution in [0.4, 0.5) is 5.69 Å². The molecule has 0 bridgehead atoms. The number of aliphatic carboxylic acids is 2. The fraction of sp³-hybridized carbons (Fsp3) is 0.441. The molecule has 0 radical (unpaired) electrons. The van der Waals surface area contributed by atoms with E-state index in [-0.39, 0.29) is 6.61 Å². The second-order valence-electron chi connectivity index (χ2n) is 10.9. The number of hydrogen-bond acceptors (Lipinski definition) is 6. The number of nitrogens with zero attached hydrogens (tertiary/aromatic N) is 1. The minimum atomic E-state index is -1.73. The number of rotatable bonds is 19. The molecule has 0 saturated heterocycles. The fourth-order valence-electron chi connectivity index (χ4n) is 4.84. The number of carbonyl (C=O) groups excluding carboxylic acids is 1. The molecule has 3 aromatic carbocycles. The molecule has 0 saturated carbocycles. The van der Waals surface area contributed by atoms with E-state index in [0.717, 1.165) is 37.8 Å². The van der Waals surface area contributed by atoms with Crippen LogP contribution in [0.1, 0.15) is 48.8 Å². The van der Waals surface area contributed by atoms with Gasteiger partial charge in [0, 0.05) is 32.4 Å². The molecule has 3 rings (SSSR count). The van der Waals surface area contributed by atoms with Crippen molar-refractivity contribution in [3.8, 4) is 0 Å². The van der Waals surface area contributed by atoms with E-state index in [1.807, 2.05) is 18.2 Å². The molecule has 232 valence electrons. The number of unbranched alkanes of at least 4 members (excludes halogenated alkanes) is 3. The number of carboxylic acids is 2. The van der Waals surface area contributed by atoms with E-state index in [1.54, 1.807) is 7.05 Å². The number of fused-ring (bicyclic) bond motifs is 1. The second-order valence-corrected chi connectivity index (χ2v) is 10.9. The standard InChI is InChI=1S/C34H44N2O7/c1-24-14-17-29(21-25(24)2)35-18-8-10-20-42-31(32(34(40)41)43-23-30(37)38)33(39)36(3)19-9-4-5-11-26-15-16-27-12-6-7-13-28(27)22-26/h6-7,12-17,21-22,31-32,35H,4-5,8-11,18-20,23H2,1-3H3,(H,37,38)(H,40,41)/t31-,32-/m1/s1. The normalized spacial score (nSPS) is 12.5. The minimum Gasteiger partial charge on any atom is -0.480 e. The molecule has 2 atom stereocenters. The summed E-state index contributed by atoms with van der Waals surface area (Å²) in [6.07, 6.45) is 1.63. The third-order valence-corrected chi connectivity index (χ3v) is 7.50. The monoisotopic (exact) mass is 592 g/mol. The molecule has 9 heteroatoms. The van der Waals surface area contributed by atoms with Gasteiger partial charge < -0.3 is 29.9 Å². The molecule has 1 amide bonds. The van der Waals surface area contributed by atoms with Gasteiger partial charge in [0.05, 0.1) is 0 Å². The van der Waals surface area contributed by atoms with Crippen LogP contribution in [0.25, 0.3) is 10.8 Å². The Labute approximate surface area is 253 Å². The van der Waals surface area contributed by atoms with E-state index in [2.05, 4.69) is 61.6 Å². The summed E-state index contributed by atoms with van der Waals surface area (Å²) >= 11 is 0. The first-order chi connectivity index (χ1) is 20.7. The summed E-state index contributed by atoms with van der Waals surface area (Å²) in [7, 11) is 1.60. The summed E-state index contributed by atoms with van der Waals surface area (Å²) in [5.74, 6) is -3.31. The van der Waals surface area contributed by atoms with E-state index in [1.165, 1.54) is 32.4 Å². The number of amides is 1. The molecule has 0 heterocycles. The highest BCUT2D eigenvalue weighted by Crippen LogP contribution is 2.18. The number of carboxylic acid groups (broad SMARTS) is 2. The molecular weight excluding hydrogens is 548 g/mol. The van der Waals surface area contributed by atoms with Gasteiger partial charge in [-0.15, -0.1) is 0 Å². The number of carbonyl (C=O) groups is 3. The van der Waals surface area contributed by atoms with E-state index < -0.39 is 36.7 Å². The van der Waals surface area contributed by atoms with Crippen molar-refractivity contribution < 1.29 is 34.1 Å². The Morgan fingerprint density at radius 1 is 0.814 bits per heavy atom. The van der Waals surface area contributed by atoms with E-state index >= 15 is 0 Å². The smallest absolute Gasteiger partial charge is 0.336 e. The molecule has 0 aliphatic heterocycles. The van der Waals surface area contributed by atoms with Crippen molar-refractivity contribution in [1.29, 1.82) is 0 Å². The summed E-state index contributed by atoms with van der Waals surface area (Å²) in [6.45, 7) is 4.50. The van der Waals surface area contributed by atoms with Gasteiger partial charge in [-0.05, 0) is 85.5 Å². The van der Waals surface area contributed by atoms with Gasteiger partial charge in [0.15, 0.2) is 12.2 Å². The van der Waals surface area contributed by atoms with Gasteiger partial charge in [0.2, 0.25) is 0 Å². The zero-order valence-electron chi connectivity index (χ0n) is 25.4. The number of ether oxygens (including phenoxy) is 2. The highest BCUT2D eigenvalue weighted by molar-refractivity contribution is 5.88. The van der Waals surface area contributed by atoms with Gasteiger partial charge in [-0.3, -0.25) is 4.79 Å². The molecule has 43 heavy (non-hydrogen) atoms. The predicted octanol–water partition coefficient (Wildman–Crippen LogP) is 5.46. The highest BCUT2D eigenvalue weighted by Gasteiger charge is 2.37. The quantitative estimate of drug-likeness (QED) is 0.157. The van der Waals surface area contributed by atoms with Crippen LogP contribution in [0.2, 0.25) is 0 Å². The fourth-order valence-corrected chi connectivity index (χ4v) is 4.84. The Morgan fingerprint density at radius 3 is 2.30 bits per heavy atom. The molecule has 0 spiro atoms. The van der Waals surface area contributed by atoms with Crippen LogP contribution in [-0.2, 0) is 30.3 Å². The number of likely N-dealkylation sites (N-methyl/N-ethyl adjacent to an activating group) is 1. The first-order valence-electron chi connectivity index (χ1n) is 14.9. The average Bonchev–Trinajstić information content (AvgIpc) is 2.98. The zero-order valence-corrected chi connectivity index (χ0v) is 25.4.